The van der Waals surface area contributed by atoms with Crippen molar-refractivity contribution in [3.8, 4) is 5.75 Å². The van der Waals surface area contributed by atoms with E-state index in [9.17, 15) is 4.79 Å². The number of fused-ring (bicyclic) bond motifs is 5. The molecule has 0 saturated heterocycles. The van der Waals surface area contributed by atoms with Crippen LogP contribution in [-0.2, 0) is 24.1 Å². The summed E-state index contributed by atoms with van der Waals surface area (Å²) in [6.07, 6.45) is 4.51. The van der Waals surface area contributed by atoms with Gasteiger partial charge in [-0.25, -0.2) is 4.79 Å². The second-order valence-corrected chi connectivity index (χ2v) is 7.91. The van der Waals surface area contributed by atoms with Crippen molar-refractivity contribution in [2.75, 3.05) is 14.2 Å². The van der Waals surface area contributed by atoms with Gasteiger partial charge in [0.05, 0.1) is 36.2 Å². The Bertz CT molecular complexity index is 1250. The van der Waals surface area contributed by atoms with Gasteiger partial charge in [-0.15, -0.1) is 0 Å². The van der Waals surface area contributed by atoms with E-state index < -0.39 is 0 Å². The summed E-state index contributed by atoms with van der Waals surface area (Å²) in [5.74, 6) is 0.512. The van der Waals surface area contributed by atoms with Gasteiger partial charge in [0, 0.05) is 11.9 Å². The fourth-order valence-electron chi connectivity index (χ4n) is 4.92. The van der Waals surface area contributed by atoms with Gasteiger partial charge in [-0.2, -0.15) is 0 Å². The molecular formula is C26H25NO3. The molecule has 30 heavy (non-hydrogen) atoms. The minimum atomic E-state index is -0.320. The van der Waals surface area contributed by atoms with Crippen LogP contribution in [0.4, 0.5) is 0 Å². The van der Waals surface area contributed by atoms with E-state index in [1.54, 1.807) is 7.11 Å². The van der Waals surface area contributed by atoms with E-state index in [-0.39, 0.29) is 5.97 Å². The highest BCUT2D eigenvalue weighted by Gasteiger charge is 2.25. The minimum absolute atomic E-state index is 0.320. The molecule has 4 aromatic rings. The molecule has 4 heteroatoms. The van der Waals surface area contributed by atoms with Crippen molar-refractivity contribution in [3.05, 3.63) is 76.9 Å². The molecule has 1 heterocycles. The molecule has 0 radical (unpaired) electrons. The molecule has 5 rings (SSSR count). The molecule has 4 nitrogen and oxygen atoms in total. The van der Waals surface area contributed by atoms with Crippen molar-refractivity contribution in [1.82, 2.24) is 4.57 Å². The fourth-order valence-corrected chi connectivity index (χ4v) is 4.92. The normalized spacial score (nSPS) is 13.4. The zero-order valence-electron chi connectivity index (χ0n) is 17.4. The summed E-state index contributed by atoms with van der Waals surface area (Å²) in [5.41, 5.74) is 6.80. The van der Waals surface area contributed by atoms with E-state index in [0.29, 0.717) is 5.56 Å². The van der Waals surface area contributed by atoms with E-state index in [2.05, 4.69) is 41.0 Å². The molecular weight excluding hydrogens is 374 g/mol. The molecule has 0 spiro atoms. The van der Waals surface area contributed by atoms with E-state index >= 15 is 0 Å². The third kappa shape index (κ3) is 2.86. The zero-order valence-corrected chi connectivity index (χ0v) is 17.4. The maximum Gasteiger partial charge on any atom is 0.338 e. The van der Waals surface area contributed by atoms with E-state index in [1.165, 1.54) is 42.2 Å². The van der Waals surface area contributed by atoms with Crippen LogP contribution in [0.3, 0.4) is 0 Å². The quantitative estimate of drug-likeness (QED) is 0.425. The van der Waals surface area contributed by atoms with Crippen LogP contribution in [0.25, 0.3) is 21.8 Å². The summed E-state index contributed by atoms with van der Waals surface area (Å²) in [6.45, 7) is 0.741. The first kappa shape index (κ1) is 18.7. The number of aromatic nitrogens is 1. The highest BCUT2D eigenvalue weighted by Crippen LogP contribution is 2.43. The Balaban J connectivity index is 1.93. The molecule has 0 N–H and O–H groups in total. The van der Waals surface area contributed by atoms with E-state index in [4.69, 9.17) is 9.47 Å². The van der Waals surface area contributed by atoms with Gasteiger partial charge >= 0.3 is 5.97 Å². The van der Waals surface area contributed by atoms with E-state index in [1.807, 2.05) is 18.2 Å². The Morgan fingerprint density at radius 1 is 0.967 bits per heavy atom. The number of carbonyl (C=O) groups is 1. The molecule has 0 aliphatic heterocycles. The summed E-state index contributed by atoms with van der Waals surface area (Å²) >= 11 is 0. The number of benzene rings is 3. The van der Waals surface area contributed by atoms with Crippen LogP contribution in [0.2, 0.25) is 0 Å². The number of rotatable bonds is 4. The second kappa shape index (κ2) is 7.52. The maximum atomic E-state index is 12.7. The van der Waals surface area contributed by atoms with Crippen molar-refractivity contribution in [3.63, 3.8) is 0 Å². The Hall–Kier alpha value is -3.27. The summed E-state index contributed by atoms with van der Waals surface area (Å²) in [6, 6.07) is 18.5. The largest absolute Gasteiger partial charge is 0.496 e. The van der Waals surface area contributed by atoms with Gasteiger partial charge in [0.1, 0.15) is 5.75 Å². The van der Waals surface area contributed by atoms with Crippen LogP contribution >= 0.6 is 0 Å². The highest BCUT2D eigenvalue weighted by molar-refractivity contribution is 6.20. The first-order valence-corrected chi connectivity index (χ1v) is 10.5. The topological polar surface area (TPSA) is 40.5 Å². The Morgan fingerprint density at radius 3 is 2.53 bits per heavy atom. The standard InChI is InChI=1S/C26H25NO3/c1-29-22-15-18-11-6-7-12-19(18)25-24(22)23-20(26(28)30-2)13-8-14-21(23)27(25)16-17-9-4-3-5-10-17/h3-5,8-10,13-15H,6-7,11-12,16H2,1-2H3. The molecule has 152 valence electrons. The van der Waals surface area contributed by atoms with Crippen molar-refractivity contribution in [2.24, 2.45) is 0 Å². The van der Waals surface area contributed by atoms with Crippen molar-refractivity contribution >= 4 is 27.8 Å². The molecule has 3 aromatic carbocycles. The Morgan fingerprint density at radius 2 is 1.77 bits per heavy atom. The Kier molecular flexibility index (Phi) is 4.70. The summed E-state index contributed by atoms with van der Waals surface area (Å²) in [5, 5.41) is 1.94. The Labute approximate surface area is 176 Å². The number of carbonyl (C=O) groups excluding carboxylic acids is 1. The van der Waals surface area contributed by atoms with Crippen LogP contribution in [0.15, 0.2) is 54.6 Å². The number of hydrogen-bond donors (Lipinski definition) is 0. The number of methoxy groups -OCH3 is 2. The zero-order chi connectivity index (χ0) is 20.7. The third-order valence-corrected chi connectivity index (χ3v) is 6.25. The maximum absolute atomic E-state index is 12.7. The third-order valence-electron chi connectivity index (χ3n) is 6.25. The molecule has 0 fully saturated rings. The molecule has 1 aromatic heterocycles. The number of hydrogen-bond acceptors (Lipinski definition) is 3. The molecule has 1 aliphatic rings. The van der Waals surface area contributed by atoms with E-state index in [0.717, 1.165) is 41.4 Å². The van der Waals surface area contributed by atoms with Crippen molar-refractivity contribution in [2.45, 2.75) is 32.2 Å². The summed E-state index contributed by atoms with van der Waals surface area (Å²) < 4.78 is 13.3. The molecule has 0 atom stereocenters. The van der Waals surface area contributed by atoms with Crippen LogP contribution in [0, 0.1) is 0 Å². The first-order chi connectivity index (χ1) is 14.7. The van der Waals surface area contributed by atoms with Crippen molar-refractivity contribution < 1.29 is 14.3 Å². The van der Waals surface area contributed by atoms with Gasteiger partial charge in [0.2, 0.25) is 0 Å². The van der Waals surface area contributed by atoms with Crippen LogP contribution in [0.5, 0.6) is 5.75 Å². The van der Waals surface area contributed by atoms with Gasteiger partial charge < -0.3 is 14.0 Å². The minimum Gasteiger partial charge on any atom is -0.496 e. The van der Waals surface area contributed by atoms with Crippen LogP contribution < -0.4 is 4.74 Å². The monoisotopic (exact) mass is 399 g/mol. The number of nitrogens with zero attached hydrogens (tertiary/aromatic N) is 1. The predicted molar refractivity (Wildman–Crippen MR) is 120 cm³/mol. The predicted octanol–water partition coefficient (Wildman–Crippen LogP) is 5.52. The smallest absolute Gasteiger partial charge is 0.338 e. The number of ether oxygens (including phenoxy) is 2. The fraction of sp³-hybridized carbons (Fsp3) is 0.269. The van der Waals surface area contributed by atoms with Gasteiger partial charge in [0.25, 0.3) is 0 Å². The molecule has 0 saturated carbocycles. The van der Waals surface area contributed by atoms with Gasteiger partial charge in [-0.05, 0) is 60.6 Å². The lowest BCUT2D eigenvalue weighted by atomic mass is 9.89. The lowest BCUT2D eigenvalue weighted by molar-refractivity contribution is 0.0603. The number of aryl methyl sites for hydroxylation is 2. The molecule has 1 aliphatic carbocycles. The van der Waals surface area contributed by atoms with Crippen LogP contribution in [0.1, 0.15) is 39.9 Å². The molecule has 0 bridgehead atoms. The SMILES string of the molecule is COC(=O)c1cccc2c1c1c(OC)cc3c(c1n2Cc1ccccc1)CCCC3. The van der Waals surface area contributed by atoms with Crippen LogP contribution in [-0.4, -0.2) is 24.8 Å². The van der Waals surface area contributed by atoms with Gasteiger partial charge in [-0.1, -0.05) is 36.4 Å². The average Bonchev–Trinajstić information content (AvgIpc) is 3.13. The van der Waals surface area contributed by atoms with Gasteiger partial charge in [-0.3, -0.25) is 0 Å². The average molecular weight is 399 g/mol. The number of esters is 1. The molecule has 0 amide bonds. The first-order valence-electron chi connectivity index (χ1n) is 10.5. The summed E-state index contributed by atoms with van der Waals surface area (Å²) in [7, 11) is 3.15. The molecule has 0 unspecified atom stereocenters. The lowest BCUT2D eigenvalue weighted by Crippen LogP contribution is -2.08. The summed E-state index contributed by atoms with van der Waals surface area (Å²) in [4.78, 5) is 12.7. The van der Waals surface area contributed by atoms with Gasteiger partial charge in [0.15, 0.2) is 0 Å². The second-order valence-electron chi connectivity index (χ2n) is 7.91. The van der Waals surface area contributed by atoms with Crippen molar-refractivity contribution in [1.29, 1.82) is 0 Å². The highest BCUT2D eigenvalue weighted by atomic mass is 16.5. The lowest BCUT2D eigenvalue weighted by Gasteiger charge is -2.20.